The molecule has 1 fully saturated rings. The van der Waals surface area contributed by atoms with Gasteiger partial charge in [0.05, 0.1) is 11.5 Å². The molecule has 2 aromatic carbocycles. The van der Waals surface area contributed by atoms with Crippen LogP contribution in [-0.4, -0.2) is 68.3 Å². The van der Waals surface area contributed by atoms with Crippen molar-refractivity contribution in [1.82, 2.24) is 4.90 Å². The topological polar surface area (TPSA) is 70.1 Å². The van der Waals surface area contributed by atoms with Crippen LogP contribution in [0.2, 0.25) is 0 Å². The quantitative estimate of drug-likeness (QED) is 0.551. The summed E-state index contributed by atoms with van der Waals surface area (Å²) in [7, 11) is -3.05. The van der Waals surface area contributed by atoms with E-state index in [2.05, 4.69) is 43.0 Å². The molecule has 8 heteroatoms. The molecule has 0 radical (unpaired) electrons. The summed E-state index contributed by atoms with van der Waals surface area (Å²) in [5, 5.41) is 10.6. The molecule has 1 N–H and O–H groups in total. The Morgan fingerprint density at radius 1 is 1.09 bits per heavy atom. The first-order valence-electron chi connectivity index (χ1n) is 11.1. The van der Waals surface area contributed by atoms with E-state index in [-0.39, 0.29) is 30.0 Å². The lowest BCUT2D eigenvalue weighted by molar-refractivity contribution is 0.0524. The number of ether oxygens (including phenoxy) is 1. The van der Waals surface area contributed by atoms with Gasteiger partial charge in [0.15, 0.2) is 9.84 Å². The summed E-state index contributed by atoms with van der Waals surface area (Å²) in [6.07, 6.45) is -0.246. The highest BCUT2D eigenvalue weighted by Gasteiger charge is 2.33. The van der Waals surface area contributed by atoms with E-state index in [0.29, 0.717) is 25.3 Å². The summed E-state index contributed by atoms with van der Waals surface area (Å²) in [5.41, 5.74) is 2.22. The molecule has 1 saturated heterocycles. The first-order chi connectivity index (χ1) is 15.3. The number of aliphatic hydroxyl groups excluding tert-OH is 1. The van der Waals surface area contributed by atoms with Gasteiger partial charge in [0.2, 0.25) is 0 Å². The lowest BCUT2D eigenvalue weighted by Gasteiger charge is -2.30. The number of sulfone groups is 1. The van der Waals surface area contributed by atoms with Gasteiger partial charge >= 0.3 is 0 Å². The zero-order chi connectivity index (χ0) is 23.1. The molecule has 0 spiro atoms. The van der Waals surface area contributed by atoms with Crippen LogP contribution in [0, 0.1) is 5.82 Å². The number of aliphatic hydroxyl groups is 1. The highest BCUT2D eigenvalue weighted by molar-refractivity contribution is 7.91. The van der Waals surface area contributed by atoms with Gasteiger partial charge in [-0.3, -0.25) is 4.90 Å². The summed E-state index contributed by atoms with van der Waals surface area (Å²) in [6.45, 7) is 6.99. The van der Waals surface area contributed by atoms with Crippen molar-refractivity contribution >= 4 is 15.5 Å². The molecule has 6 nitrogen and oxygen atoms in total. The number of halogens is 1. The number of anilines is 1. The second-order valence-corrected chi connectivity index (χ2v) is 10.5. The molecule has 0 aromatic heterocycles. The molecule has 0 bridgehead atoms. The minimum atomic E-state index is -3.05. The zero-order valence-electron chi connectivity index (χ0n) is 18.8. The third-order valence-corrected chi connectivity index (χ3v) is 7.63. The van der Waals surface area contributed by atoms with Gasteiger partial charge < -0.3 is 14.7 Å². The maximum Gasteiger partial charge on any atom is 0.151 e. The van der Waals surface area contributed by atoms with Gasteiger partial charge in [0.25, 0.3) is 0 Å². The molecule has 1 aliphatic rings. The molecule has 2 atom stereocenters. The van der Waals surface area contributed by atoms with Crippen LogP contribution in [0.4, 0.5) is 10.1 Å². The van der Waals surface area contributed by atoms with Crippen LogP contribution in [0.3, 0.4) is 0 Å². The van der Waals surface area contributed by atoms with E-state index in [1.807, 2.05) is 4.90 Å². The Morgan fingerprint density at radius 3 is 2.31 bits per heavy atom. The fourth-order valence-corrected chi connectivity index (χ4v) is 5.85. The minimum Gasteiger partial charge on any atom is -0.491 e. The molecule has 176 valence electrons. The summed E-state index contributed by atoms with van der Waals surface area (Å²) >= 11 is 0. The minimum absolute atomic E-state index is 0.0441. The standard InChI is InChI=1S/C24H33FN2O4S/c1-3-26(4-2)21-9-5-19(6-10-21)15-27(22-13-14-32(29,30)18-22)16-23(28)17-31-24-11-7-20(25)8-12-24/h5-12,22-23,28H,3-4,13-18H2,1-2H3. The summed E-state index contributed by atoms with van der Waals surface area (Å²) in [6, 6.07) is 13.8. The predicted molar refractivity (Wildman–Crippen MR) is 125 cm³/mol. The number of hydrogen-bond donors (Lipinski definition) is 1. The van der Waals surface area contributed by atoms with E-state index in [4.69, 9.17) is 4.74 Å². The van der Waals surface area contributed by atoms with E-state index in [1.54, 1.807) is 0 Å². The molecule has 1 heterocycles. The highest BCUT2D eigenvalue weighted by Crippen LogP contribution is 2.22. The molecule has 3 rings (SSSR count). The van der Waals surface area contributed by atoms with Gasteiger partial charge in [-0.1, -0.05) is 12.1 Å². The first-order valence-corrected chi connectivity index (χ1v) is 13.0. The van der Waals surface area contributed by atoms with Crippen molar-refractivity contribution in [2.75, 3.05) is 42.6 Å². The van der Waals surface area contributed by atoms with Crippen LogP contribution >= 0.6 is 0 Å². The number of nitrogens with zero attached hydrogens (tertiary/aromatic N) is 2. The van der Waals surface area contributed by atoms with E-state index < -0.39 is 15.9 Å². The number of hydrogen-bond acceptors (Lipinski definition) is 6. The van der Waals surface area contributed by atoms with Crippen LogP contribution in [0.15, 0.2) is 48.5 Å². The average Bonchev–Trinajstić information content (AvgIpc) is 3.14. The Balaban J connectivity index is 1.66. The molecule has 2 aromatic rings. The number of benzene rings is 2. The summed E-state index contributed by atoms with van der Waals surface area (Å²) in [4.78, 5) is 4.30. The normalized spacial score (nSPS) is 18.6. The summed E-state index contributed by atoms with van der Waals surface area (Å²) < 4.78 is 42.7. The van der Waals surface area contributed by atoms with Crippen molar-refractivity contribution in [3.63, 3.8) is 0 Å². The second kappa shape index (κ2) is 11.1. The Bertz CT molecular complexity index is 947. The van der Waals surface area contributed by atoms with Gasteiger partial charge in [-0.05, 0) is 62.2 Å². The van der Waals surface area contributed by atoms with E-state index in [1.165, 1.54) is 24.3 Å². The SMILES string of the molecule is CCN(CC)c1ccc(CN(CC(O)COc2ccc(F)cc2)C2CCS(=O)(=O)C2)cc1. The monoisotopic (exact) mass is 464 g/mol. The third kappa shape index (κ3) is 6.92. The molecule has 0 aliphatic carbocycles. The Labute approximate surface area is 190 Å². The number of rotatable bonds is 11. The summed E-state index contributed by atoms with van der Waals surface area (Å²) in [5.74, 6) is 0.416. The molecule has 32 heavy (non-hydrogen) atoms. The van der Waals surface area contributed by atoms with Crippen LogP contribution < -0.4 is 9.64 Å². The van der Waals surface area contributed by atoms with Crippen LogP contribution in [0.1, 0.15) is 25.8 Å². The fraction of sp³-hybridized carbons (Fsp3) is 0.500. The molecule has 2 unspecified atom stereocenters. The zero-order valence-corrected chi connectivity index (χ0v) is 19.6. The van der Waals surface area contributed by atoms with Gasteiger partial charge in [0, 0.05) is 37.9 Å². The maximum atomic E-state index is 13.0. The van der Waals surface area contributed by atoms with Gasteiger partial charge in [0.1, 0.15) is 24.3 Å². The Hall–Kier alpha value is -2.16. The molecule has 0 saturated carbocycles. The first kappa shape index (κ1) is 24.5. The van der Waals surface area contributed by atoms with Crippen LogP contribution in [-0.2, 0) is 16.4 Å². The fourth-order valence-electron chi connectivity index (χ4n) is 4.09. The Morgan fingerprint density at radius 2 is 1.75 bits per heavy atom. The molecular weight excluding hydrogens is 431 g/mol. The van der Waals surface area contributed by atoms with E-state index >= 15 is 0 Å². The highest BCUT2D eigenvalue weighted by atomic mass is 32.2. The second-order valence-electron chi connectivity index (χ2n) is 8.24. The lowest BCUT2D eigenvalue weighted by Crippen LogP contribution is -2.42. The average molecular weight is 465 g/mol. The lowest BCUT2D eigenvalue weighted by atomic mass is 10.1. The largest absolute Gasteiger partial charge is 0.491 e. The van der Waals surface area contributed by atoms with Crippen LogP contribution in [0.5, 0.6) is 5.75 Å². The predicted octanol–water partition coefficient (Wildman–Crippen LogP) is 3.10. The molecule has 0 amide bonds. The van der Waals surface area contributed by atoms with Gasteiger partial charge in [-0.15, -0.1) is 0 Å². The van der Waals surface area contributed by atoms with Crippen molar-refractivity contribution in [2.45, 2.75) is 39.0 Å². The van der Waals surface area contributed by atoms with Gasteiger partial charge in [-0.2, -0.15) is 0 Å². The van der Waals surface area contributed by atoms with Crippen molar-refractivity contribution in [1.29, 1.82) is 0 Å². The Kier molecular flexibility index (Phi) is 8.51. The maximum absolute atomic E-state index is 13.0. The third-order valence-electron chi connectivity index (χ3n) is 5.88. The van der Waals surface area contributed by atoms with Crippen LogP contribution in [0.25, 0.3) is 0 Å². The smallest absolute Gasteiger partial charge is 0.151 e. The van der Waals surface area contributed by atoms with Crippen molar-refractivity contribution in [2.24, 2.45) is 0 Å². The van der Waals surface area contributed by atoms with Crippen molar-refractivity contribution in [3.8, 4) is 5.75 Å². The molecule has 1 aliphatic heterocycles. The van der Waals surface area contributed by atoms with E-state index in [9.17, 15) is 17.9 Å². The van der Waals surface area contributed by atoms with Crippen molar-refractivity contribution < 1.29 is 22.7 Å². The van der Waals surface area contributed by atoms with E-state index in [0.717, 1.165) is 24.3 Å². The van der Waals surface area contributed by atoms with Crippen molar-refractivity contribution in [3.05, 3.63) is 59.9 Å². The molecular formula is C24H33FN2O4S. The van der Waals surface area contributed by atoms with Gasteiger partial charge in [-0.25, -0.2) is 12.8 Å².